The highest BCUT2D eigenvalue weighted by atomic mass is 32.2. The van der Waals surface area contributed by atoms with Gasteiger partial charge in [-0.3, -0.25) is 4.79 Å². The van der Waals surface area contributed by atoms with Gasteiger partial charge in [0.05, 0.1) is 0 Å². The first-order valence-corrected chi connectivity index (χ1v) is 8.16. The third kappa shape index (κ3) is 3.75. The van der Waals surface area contributed by atoms with Crippen molar-refractivity contribution in [3.05, 3.63) is 29.8 Å². The fourth-order valence-corrected chi connectivity index (χ4v) is 3.16. The molecule has 1 N–H and O–H groups in total. The van der Waals surface area contributed by atoms with Gasteiger partial charge in [0.2, 0.25) is 5.91 Å². The molecule has 0 aromatic heterocycles. The molecule has 2 nitrogen and oxygen atoms in total. The van der Waals surface area contributed by atoms with E-state index in [0.717, 1.165) is 19.3 Å². The van der Waals surface area contributed by atoms with Crippen molar-refractivity contribution in [2.24, 2.45) is 5.41 Å². The van der Waals surface area contributed by atoms with E-state index in [1.165, 1.54) is 10.5 Å². The Morgan fingerprint density at radius 3 is 2.95 bits per heavy atom. The van der Waals surface area contributed by atoms with Gasteiger partial charge < -0.3 is 5.32 Å². The molecule has 1 amide bonds. The van der Waals surface area contributed by atoms with Crippen LogP contribution < -0.4 is 5.32 Å². The number of hydrogen-bond acceptors (Lipinski definition) is 2. The standard InChI is InChI=1S/C16H23NOS/c1-16(2)10-9-15(18)17-14(16)8-7-12-5-4-6-13(11-12)19-3/h4-6,11,14H,7-10H2,1-3H3,(H,17,18)/t14-/m1/s1. The van der Waals surface area contributed by atoms with Crippen molar-refractivity contribution in [2.45, 2.75) is 50.5 Å². The molecule has 0 spiro atoms. The first-order valence-electron chi connectivity index (χ1n) is 6.93. The number of amides is 1. The van der Waals surface area contributed by atoms with Crippen LogP contribution >= 0.6 is 11.8 Å². The quantitative estimate of drug-likeness (QED) is 0.851. The van der Waals surface area contributed by atoms with Crippen LogP contribution in [0.1, 0.15) is 38.7 Å². The second-order valence-corrected chi connectivity index (χ2v) is 6.88. The van der Waals surface area contributed by atoms with Crippen molar-refractivity contribution < 1.29 is 4.79 Å². The largest absolute Gasteiger partial charge is 0.353 e. The fraction of sp³-hybridized carbons (Fsp3) is 0.562. The Kier molecular flexibility index (Phi) is 4.56. The number of carbonyl (C=O) groups excluding carboxylic acids is 1. The lowest BCUT2D eigenvalue weighted by molar-refractivity contribution is -0.125. The molecule has 0 radical (unpaired) electrons. The summed E-state index contributed by atoms with van der Waals surface area (Å²) < 4.78 is 0. The van der Waals surface area contributed by atoms with Crippen LogP contribution in [0, 0.1) is 5.41 Å². The van der Waals surface area contributed by atoms with Gasteiger partial charge in [-0.2, -0.15) is 0 Å². The lowest BCUT2D eigenvalue weighted by Gasteiger charge is -2.39. The summed E-state index contributed by atoms with van der Waals surface area (Å²) in [4.78, 5) is 12.9. The van der Waals surface area contributed by atoms with Crippen LogP contribution in [0.5, 0.6) is 0 Å². The van der Waals surface area contributed by atoms with Gasteiger partial charge in [0.25, 0.3) is 0 Å². The number of carbonyl (C=O) groups is 1. The minimum Gasteiger partial charge on any atom is -0.353 e. The topological polar surface area (TPSA) is 29.1 Å². The molecule has 1 saturated heterocycles. The second kappa shape index (κ2) is 6.00. The van der Waals surface area contributed by atoms with E-state index >= 15 is 0 Å². The number of piperidine rings is 1. The predicted octanol–water partition coefficient (Wildman–Crippen LogP) is 3.65. The number of rotatable bonds is 4. The van der Waals surface area contributed by atoms with Gasteiger partial charge in [0, 0.05) is 17.4 Å². The molecular formula is C16H23NOS. The van der Waals surface area contributed by atoms with Crippen LogP contribution in [0.3, 0.4) is 0 Å². The van der Waals surface area contributed by atoms with Gasteiger partial charge in [-0.15, -0.1) is 11.8 Å². The molecule has 0 saturated carbocycles. The Bertz CT molecular complexity index is 456. The number of hydrogen-bond donors (Lipinski definition) is 1. The molecule has 2 rings (SSSR count). The Balaban J connectivity index is 1.98. The highest BCUT2D eigenvalue weighted by Crippen LogP contribution is 2.33. The highest BCUT2D eigenvalue weighted by molar-refractivity contribution is 7.98. The molecule has 1 atom stereocenters. The van der Waals surface area contributed by atoms with E-state index in [4.69, 9.17) is 0 Å². The summed E-state index contributed by atoms with van der Waals surface area (Å²) in [6.07, 6.45) is 5.82. The lowest BCUT2D eigenvalue weighted by atomic mass is 9.75. The third-order valence-electron chi connectivity index (χ3n) is 4.13. The highest BCUT2D eigenvalue weighted by Gasteiger charge is 2.34. The van der Waals surface area contributed by atoms with Crippen LogP contribution in [0.15, 0.2) is 29.2 Å². The molecule has 0 aliphatic carbocycles. The van der Waals surface area contributed by atoms with Gasteiger partial charge in [0.15, 0.2) is 0 Å². The Labute approximate surface area is 120 Å². The van der Waals surface area contributed by atoms with E-state index in [-0.39, 0.29) is 11.3 Å². The molecule has 1 aromatic carbocycles. The number of nitrogens with one attached hydrogen (secondary N) is 1. The van der Waals surface area contributed by atoms with Gasteiger partial charge in [-0.1, -0.05) is 26.0 Å². The van der Waals surface area contributed by atoms with Crippen molar-refractivity contribution >= 4 is 17.7 Å². The lowest BCUT2D eigenvalue weighted by Crippen LogP contribution is -2.49. The molecular weight excluding hydrogens is 254 g/mol. The molecule has 0 unspecified atom stereocenters. The Morgan fingerprint density at radius 2 is 2.21 bits per heavy atom. The van der Waals surface area contributed by atoms with E-state index in [0.29, 0.717) is 12.5 Å². The molecule has 1 aliphatic rings. The summed E-state index contributed by atoms with van der Waals surface area (Å²) in [6, 6.07) is 8.98. The number of benzene rings is 1. The zero-order chi connectivity index (χ0) is 13.9. The van der Waals surface area contributed by atoms with Crippen LogP contribution in [-0.4, -0.2) is 18.2 Å². The summed E-state index contributed by atoms with van der Waals surface area (Å²) >= 11 is 1.77. The molecule has 19 heavy (non-hydrogen) atoms. The van der Waals surface area contributed by atoms with Crippen molar-refractivity contribution in [2.75, 3.05) is 6.26 Å². The minimum atomic E-state index is 0.210. The zero-order valence-electron chi connectivity index (χ0n) is 12.0. The van der Waals surface area contributed by atoms with E-state index in [2.05, 4.69) is 49.7 Å². The molecule has 1 heterocycles. The average molecular weight is 277 g/mol. The van der Waals surface area contributed by atoms with Crippen LogP contribution in [-0.2, 0) is 11.2 Å². The molecule has 1 fully saturated rings. The Morgan fingerprint density at radius 1 is 1.42 bits per heavy atom. The molecule has 1 aromatic rings. The van der Waals surface area contributed by atoms with Crippen LogP contribution in [0.25, 0.3) is 0 Å². The SMILES string of the molecule is CSc1cccc(CC[C@H]2NC(=O)CCC2(C)C)c1. The van der Waals surface area contributed by atoms with Crippen molar-refractivity contribution in [3.8, 4) is 0 Å². The predicted molar refractivity (Wildman–Crippen MR) is 81.5 cm³/mol. The summed E-state index contributed by atoms with van der Waals surface area (Å²) in [7, 11) is 0. The molecule has 104 valence electrons. The smallest absolute Gasteiger partial charge is 0.220 e. The van der Waals surface area contributed by atoms with Crippen molar-refractivity contribution in [1.82, 2.24) is 5.32 Å². The number of thioether (sulfide) groups is 1. The molecule has 1 aliphatic heterocycles. The maximum Gasteiger partial charge on any atom is 0.220 e. The number of aryl methyl sites for hydroxylation is 1. The fourth-order valence-electron chi connectivity index (χ4n) is 2.67. The first-order chi connectivity index (χ1) is 9.01. The second-order valence-electron chi connectivity index (χ2n) is 6.00. The van der Waals surface area contributed by atoms with E-state index in [1.807, 2.05) is 0 Å². The van der Waals surface area contributed by atoms with E-state index in [9.17, 15) is 4.79 Å². The van der Waals surface area contributed by atoms with E-state index in [1.54, 1.807) is 11.8 Å². The summed E-state index contributed by atoms with van der Waals surface area (Å²) in [6.45, 7) is 4.52. The van der Waals surface area contributed by atoms with Crippen molar-refractivity contribution in [3.63, 3.8) is 0 Å². The van der Waals surface area contributed by atoms with Gasteiger partial charge in [-0.05, 0) is 48.6 Å². The van der Waals surface area contributed by atoms with Crippen molar-refractivity contribution in [1.29, 1.82) is 0 Å². The third-order valence-corrected chi connectivity index (χ3v) is 4.86. The van der Waals surface area contributed by atoms with Crippen LogP contribution in [0.2, 0.25) is 0 Å². The maximum atomic E-state index is 11.6. The normalized spacial score (nSPS) is 22.1. The summed E-state index contributed by atoms with van der Waals surface area (Å²) in [5.74, 6) is 0.210. The average Bonchev–Trinajstić information content (AvgIpc) is 2.40. The summed E-state index contributed by atoms with van der Waals surface area (Å²) in [5, 5.41) is 3.16. The maximum absolute atomic E-state index is 11.6. The summed E-state index contributed by atoms with van der Waals surface area (Å²) in [5.41, 5.74) is 1.58. The van der Waals surface area contributed by atoms with Gasteiger partial charge >= 0.3 is 0 Å². The van der Waals surface area contributed by atoms with Gasteiger partial charge in [0.1, 0.15) is 0 Å². The monoisotopic (exact) mass is 277 g/mol. The molecule has 3 heteroatoms. The van der Waals surface area contributed by atoms with E-state index < -0.39 is 0 Å². The zero-order valence-corrected chi connectivity index (χ0v) is 12.8. The molecule has 0 bridgehead atoms. The first kappa shape index (κ1) is 14.4. The van der Waals surface area contributed by atoms with Crippen LogP contribution in [0.4, 0.5) is 0 Å². The van der Waals surface area contributed by atoms with Gasteiger partial charge in [-0.25, -0.2) is 0 Å². The Hall–Kier alpha value is -0.960. The minimum absolute atomic E-state index is 0.210.